The Bertz CT molecular complexity index is 641. The van der Waals surface area contributed by atoms with Gasteiger partial charge in [-0.15, -0.1) is 0 Å². The number of hydrogen-bond donors (Lipinski definition) is 1. The van der Waals surface area contributed by atoms with Crippen molar-refractivity contribution in [3.63, 3.8) is 0 Å². The van der Waals surface area contributed by atoms with Crippen molar-refractivity contribution in [2.24, 2.45) is 0 Å². The lowest BCUT2D eigenvalue weighted by Gasteiger charge is -2.10. The van der Waals surface area contributed by atoms with Gasteiger partial charge in [0.05, 0.1) is 5.56 Å². The molecule has 0 saturated heterocycles. The van der Waals surface area contributed by atoms with Crippen LogP contribution in [-0.2, 0) is 0 Å². The van der Waals surface area contributed by atoms with Crippen LogP contribution >= 0.6 is 27.5 Å². The van der Waals surface area contributed by atoms with Gasteiger partial charge in [-0.25, -0.2) is 4.79 Å². The van der Waals surface area contributed by atoms with Gasteiger partial charge < -0.3 is 9.84 Å². The second-order valence-corrected chi connectivity index (χ2v) is 5.25. The molecule has 0 aromatic heterocycles. The molecule has 0 atom stereocenters. The summed E-state index contributed by atoms with van der Waals surface area (Å²) in [5.41, 5.74) is 1.10. The summed E-state index contributed by atoms with van der Waals surface area (Å²) in [4.78, 5) is 10.9. The van der Waals surface area contributed by atoms with Crippen molar-refractivity contribution in [1.82, 2.24) is 0 Å². The third-order valence-electron chi connectivity index (χ3n) is 2.54. The van der Waals surface area contributed by atoms with Crippen LogP contribution in [0.1, 0.15) is 15.9 Å². The van der Waals surface area contributed by atoms with Crippen LogP contribution in [0.3, 0.4) is 0 Å². The fourth-order valence-electron chi connectivity index (χ4n) is 1.59. The second kappa shape index (κ2) is 5.63. The Kier molecular flexibility index (Phi) is 4.12. The van der Waals surface area contributed by atoms with E-state index in [9.17, 15) is 4.79 Å². The van der Waals surface area contributed by atoms with Crippen LogP contribution in [-0.4, -0.2) is 11.1 Å². The molecule has 2 aromatic carbocycles. The topological polar surface area (TPSA) is 46.5 Å². The van der Waals surface area contributed by atoms with E-state index in [2.05, 4.69) is 15.9 Å². The molecule has 0 aliphatic carbocycles. The lowest BCUT2D eigenvalue weighted by Crippen LogP contribution is -1.97. The van der Waals surface area contributed by atoms with Crippen LogP contribution in [0.5, 0.6) is 11.5 Å². The summed E-state index contributed by atoms with van der Waals surface area (Å²) in [5.74, 6) is 0.253. The lowest BCUT2D eigenvalue weighted by molar-refractivity contribution is 0.0696. The number of aromatic carboxylic acids is 1. The van der Waals surface area contributed by atoms with Gasteiger partial charge in [0.1, 0.15) is 11.5 Å². The molecule has 0 saturated carbocycles. The van der Waals surface area contributed by atoms with Gasteiger partial charge in [-0.05, 0) is 64.8 Å². The number of rotatable bonds is 3. The van der Waals surface area contributed by atoms with Gasteiger partial charge in [0, 0.05) is 9.50 Å². The van der Waals surface area contributed by atoms with Crippen molar-refractivity contribution in [3.05, 3.63) is 57.0 Å². The van der Waals surface area contributed by atoms with Gasteiger partial charge in [-0.3, -0.25) is 0 Å². The molecule has 2 rings (SSSR count). The molecule has 3 nitrogen and oxygen atoms in total. The van der Waals surface area contributed by atoms with E-state index < -0.39 is 5.97 Å². The third kappa shape index (κ3) is 3.28. The monoisotopic (exact) mass is 340 g/mol. The minimum atomic E-state index is -0.985. The number of halogens is 2. The average molecular weight is 342 g/mol. The smallest absolute Gasteiger partial charge is 0.336 e. The molecule has 0 aliphatic rings. The molecule has 0 unspecified atom stereocenters. The Morgan fingerprint density at radius 2 is 2.00 bits per heavy atom. The predicted molar refractivity (Wildman–Crippen MR) is 77.4 cm³/mol. The molecule has 0 amide bonds. The van der Waals surface area contributed by atoms with E-state index in [0.29, 0.717) is 21.0 Å². The van der Waals surface area contributed by atoms with E-state index in [1.165, 1.54) is 6.07 Å². The second-order valence-electron chi connectivity index (χ2n) is 3.96. The van der Waals surface area contributed by atoms with Gasteiger partial charge in [0.25, 0.3) is 0 Å². The third-order valence-corrected chi connectivity index (χ3v) is 3.43. The highest BCUT2D eigenvalue weighted by atomic mass is 79.9. The maximum absolute atomic E-state index is 10.9. The van der Waals surface area contributed by atoms with Crippen molar-refractivity contribution < 1.29 is 14.6 Å². The van der Waals surface area contributed by atoms with E-state index in [1.807, 2.05) is 6.92 Å². The minimum absolute atomic E-state index is 0.195. The van der Waals surface area contributed by atoms with Crippen LogP contribution < -0.4 is 4.74 Å². The van der Waals surface area contributed by atoms with Crippen LogP contribution in [0.2, 0.25) is 5.02 Å². The van der Waals surface area contributed by atoms with Gasteiger partial charge in [0.2, 0.25) is 0 Å². The van der Waals surface area contributed by atoms with Crippen molar-refractivity contribution in [2.75, 3.05) is 0 Å². The first kappa shape index (κ1) is 13.9. The van der Waals surface area contributed by atoms with Crippen molar-refractivity contribution in [2.45, 2.75) is 6.92 Å². The summed E-state index contributed by atoms with van der Waals surface area (Å²) in [5, 5.41) is 9.58. The maximum Gasteiger partial charge on any atom is 0.336 e. The summed E-state index contributed by atoms with van der Waals surface area (Å²) >= 11 is 9.08. The van der Waals surface area contributed by atoms with E-state index in [4.69, 9.17) is 21.4 Å². The van der Waals surface area contributed by atoms with Crippen LogP contribution in [0.4, 0.5) is 0 Å². The fraction of sp³-hybridized carbons (Fsp3) is 0.0714. The molecule has 0 aliphatic heterocycles. The number of carbonyl (C=O) groups is 1. The number of carboxylic acid groups (broad SMARTS) is 1. The molecule has 19 heavy (non-hydrogen) atoms. The van der Waals surface area contributed by atoms with Crippen molar-refractivity contribution in [3.8, 4) is 11.5 Å². The summed E-state index contributed by atoms with van der Waals surface area (Å²) in [6.45, 7) is 1.89. The summed E-state index contributed by atoms with van der Waals surface area (Å²) in [6, 6.07) is 10.0. The van der Waals surface area contributed by atoms with Crippen LogP contribution in [0, 0.1) is 6.92 Å². The Morgan fingerprint density at radius 3 is 2.58 bits per heavy atom. The molecule has 0 fully saturated rings. The number of hydrogen-bond acceptors (Lipinski definition) is 2. The zero-order valence-corrected chi connectivity index (χ0v) is 12.3. The summed E-state index contributed by atoms with van der Waals surface area (Å²) < 4.78 is 6.17. The highest BCUT2D eigenvalue weighted by Gasteiger charge is 2.10. The maximum atomic E-state index is 10.9. The first-order valence-electron chi connectivity index (χ1n) is 5.44. The Balaban J connectivity index is 2.29. The standard InChI is InChI=1S/C14H10BrClO3/c1-8-6-9(16)2-5-13(8)19-10-3-4-11(14(17)18)12(15)7-10/h2-7H,1H3,(H,17,18). The van der Waals surface area contributed by atoms with E-state index in [0.717, 1.165) is 5.56 Å². The number of carboxylic acids is 1. The SMILES string of the molecule is Cc1cc(Cl)ccc1Oc1ccc(C(=O)O)c(Br)c1. The molecule has 0 heterocycles. The molecule has 0 bridgehead atoms. The Hall–Kier alpha value is -1.52. The molecule has 0 spiro atoms. The van der Waals surface area contributed by atoms with E-state index in [1.54, 1.807) is 30.3 Å². The Labute approximate surface area is 123 Å². The predicted octanol–water partition coefficient (Wildman–Crippen LogP) is 4.90. The highest BCUT2D eigenvalue weighted by molar-refractivity contribution is 9.10. The molecule has 5 heteroatoms. The van der Waals surface area contributed by atoms with Crippen LogP contribution in [0.15, 0.2) is 40.9 Å². The minimum Gasteiger partial charge on any atom is -0.478 e. The Morgan fingerprint density at radius 1 is 1.26 bits per heavy atom. The van der Waals surface area contributed by atoms with E-state index in [-0.39, 0.29) is 5.56 Å². The van der Waals surface area contributed by atoms with Crippen molar-refractivity contribution >= 4 is 33.5 Å². The zero-order valence-electron chi connectivity index (χ0n) is 9.98. The summed E-state index contributed by atoms with van der Waals surface area (Å²) in [6.07, 6.45) is 0. The van der Waals surface area contributed by atoms with E-state index >= 15 is 0 Å². The molecule has 2 aromatic rings. The molecule has 98 valence electrons. The zero-order chi connectivity index (χ0) is 14.0. The lowest BCUT2D eigenvalue weighted by atomic mass is 10.2. The van der Waals surface area contributed by atoms with Gasteiger partial charge in [-0.2, -0.15) is 0 Å². The average Bonchev–Trinajstić information content (AvgIpc) is 2.32. The number of benzene rings is 2. The quantitative estimate of drug-likeness (QED) is 0.863. The number of aryl methyl sites for hydroxylation is 1. The fourth-order valence-corrected chi connectivity index (χ4v) is 2.34. The normalized spacial score (nSPS) is 10.3. The first-order chi connectivity index (χ1) is 8.97. The van der Waals surface area contributed by atoms with Crippen LogP contribution in [0.25, 0.3) is 0 Å². The van der Waals surface area contributed by atoms with Gasteiger partial charge >= 0.3 is 5.97 Å². The van der Waals surface area contributed by atoms with Crippen molar-refractivity contribution in [1.29, 1.82) is 0 Å². The van der Waals surface area contributed by atoms with Gasteiger partial charge in [0.15, 0.2) is 0 Å². The molecular weight excluding hydrogens is 332 g/mol. The molecular formula is C14H10BrClO3. The largest absolute Gasteiger partial charge is 0.478 e. The first-order valence-corrected chi connectivity index (χ1v) is 6.61. The molecule has 1 N–H and O–H groups in total. The summed E-state index contributed by atoms with van der Waals surface area (Å²) in [7, 11) is 0. The molecule has 0 radical (unpaired) electrons. The highest BCUT2D eigenvalue weighted by Crippen LogP contribution is 2.30. The van der Waals surface area contributed by atoms with Gasteiger partial charge in [-0.1, -0.05) is 11.6 Å². The number of ether oxygens (including phenoxy) is 1.